The molecule has 0 saturated heterocycles. The van der Waals surface area contributed by atoms with Gasteiger partial charge in [-0.1, -0.05) is 0 Å². The summed E-state index contributed by atoms with van der Waals surface area (Å²) < 4.78 is 48.8. The number of rotatable bonds is 2. The van der Waals surface area contributed by atoms with Crippen LogP contribution in [0.3, 0.4) is 0 Å². The second kappa shape index (κ2) is 5.61. The Morgan fingerprint density at radius 1 is 1.09 bits per heavy atom. The first-order valence-electron chi connectivity index (χ1n) is 7.01. The number of carbonyl (C=O) groups excluding carboxylic acids is 1. The molecule has 0 aromatic heterocycles. The van der Waals surface area contributed by atoms with Crippen molar-refractivity contribution in [3.8, 4) is 17.2 Å². The Hall–Kier alpha value is -2.50. The first-order valence-corrected chi connectivity index (χ1v) is 7.01. The molecular formula is C17H13F3O3. The lowest BCUT2D eigenvalue weighted by atomic mass is 10.0. The van der Waals surface area contributed by atoms with E-state index in [4.69, 9.17) is 9.47 Å². The van der Waals surface area contributed by atoms with Gasteiger partial charge >= 0.3 is 6.18 Å². The molecule has 0 bridgehead atoms. The molecule has 1 heterocycles. The minimum Gasteiger partial charge on any atom is -0.492 e. The Balaban J connectivity index is 1.87. The molecule has 1 aliphatic rings. The molecule has 0 fully saturated rings. The van der Waals surface area contributed by atoms with Gasteiger partial charge in [0.05, 0.1) is 17.7 Å². The standard InChI is InChI=1S/C17H13F3O3/c1-10-15(7-6-13-14(21)8-9-22-16(10)13)23-12-4-2-11(3-5-12)17(18,19)20/h2-7H,8-9H2,1H3. The van der Waals surface area contributed by atoms with Crippen LogP contribution in [0.5, 0.6) is 17.2 Å². The molecule has 2 aromatic rings. The Bertz CT molecular complexity index is 749. The number of fused-ring (bicyclic) bond motifs is 1. The number of alkyl halides is 3. The predicted molar refractivity (Wildman–Crippen MR) is 77.1 cm³/mol. The minimum atomic E-state index is -4.38. The molecular weight excluding hydrogens is 309 g/mol. The van der Waals surface area contributed by atoms with Gasteiger partial charge in [-0.25, -0.2) is 0 Å². The average Bonchev–Trinajstić information content (AvgIpc) is 2.50. The van der Waals surface area contributed by atoms with E-state index in [0.29, 0.717) is 35.7 Å². The van der Waals surface area contributed by atoms with E-state index < -0.39 is 11.7 Å². The number of Topliss-reactive ketones (excluding diaryl/α,β-unsaturated/α-hetero) is 1. The monoisotopic (exact) mass is 322 g/mol. The van der Waals surface area contributed by atoms with Crippen LogP contribution in [0.2, 0.25) is 0 Å². The largest absolute Gasteiger partial charge is 0.492 e. The first kappa shape index (κ1) is 15.4. The molecule has 3 rings (SSSR count). The van der Waals surface area contributed by atoms with E-state index in [-0.39, 0.29) is 11.5 Å². The number of carbonyl (C=O) groups is 1. The second-order valence-corrected chi connectivity index (χ2v) is 5.21. The highest BCUT2D eigenvalue weighted by atomic mass is 19.4. The molecule has 0 radical (unpaired) electrons. The van der Waals surface area contributed by atoms with Crippen molar-refractivity contribution in [1.82, 2.24) is 0 Å². The number of hydrogen-bond donors (Lipinski definition) is 0. The van der Waals surface area contributed by atoms with E-state index in [1.165, 1.54) is 12.1 Å². The highest BCUT2D eigenvalue weighted by Gasteiger charge is 2.30. The van der Waals surface area contributed by atoms with Gasteiger partial charge in [0.15, 0.2) is 5.78 Å². The SMILES string of the molecule is Cc1c(Oc2ccc(C(F)(F)F)cc2)ccc2c1OCCC2=O. The van der Waals surface area contributed by atoms with Gasteiger partial charge in [-0.3, -0.25) is 4.79 Å². The van der Waals surface area contributed by atoms with Crippen LogP contribution < -0.4 is 9.47 Å². The van der Waals surface area contributed by atoms with Crippen molar-refractivity contribution in [1.29, 1.82) is 0 Å². The number of halogens is 3. The summed E-state index contributed by atoms with van der Waals surface area (Å²) in [6.45, 7) is 2.06. The Labute approximate surface area is 130 Å². The molecule has 1 aliphatic heterocycles. The van der Waals surface area contributed by atoms with Crippen LogP contribution in [0, 0.1) is 6.92 Å². The number of ketones is 1. The molecule has 0 amide bonds. The second-order valence-electron chi connectivity index (χ2n) is 5.21. The van der Waals surface area contributed by atoms with Gasteiger partial charge in [-0.15, -0.1) is 0 Å². The summed E-state index contributed by atoms with van der Waals surface area (Å²) in [6.07, 6.45) is -4.04. The van der Waals surface area contributed by atoms with E-state index in [0.717, 1.165) is 12.1 Å². The normalized spacial score (nSPS) is 14.2. The summed E-state index contributed by atoms with van der Waals surface area (Å²) >= 11 is 0. The van der Waals surface area contributed by atoms with Crippen LogP contribution in [0.4, 0.5) is 13.2 Å². The van der Waals surface area contributed by atoms with Crippen molar-refractivity contribution < 1.29 is 27.4 Å². The van der Waals surface area contributed by atoms with Gasteiger partial charge < -0.3 is 9.47 Å². The number of hydrogen-bond acceptors (Lipinski definition) is 3. The van der Waals surface area contributed by atoms with Crippen LogP contribution in [-0.4, -0.2) is 12.4 Å². The predicted octanol–water partition coefficient (Wildman–Crippen LogP) is 4.77. The van der Waals surface area contributed by atoms with Crippen molar-refractivity contribution in [2.45, 2.75) is 19.5 Å². The van der Waals surface area contributed by atoms with Crippen molar-refractivity contribution in [3.05, 3.63) is 53.1 Å². The Morgan fingerprint density at radius 3 is 2.43 bits per heavy atom. The fraction of sp³-hybridized carbons (Fsp3) is 0.235. The molecule has 0 saturated carbocycles. The van der Waals surface area contributed by atoms with Crippen LogP contribution in [0.15, 0.2) is 36.4 Å². The highest BCUT2D eigenvalue weighted by Crippen LogP contribution is 2.37. The molecule has 0 spiro atoms. The molecule has 2 aromatic carbocycles. The summed E-state index contributed by atoms with van der Waals surface area (Å²) in [5.74, 6) is 1.21. The zero-order chi connectivity index (χ0) is 16.6. The summed E-state index contributed by atoms with van der Waals surface area (Å²) in [4.78, 5) is 11.8. The molecule has 0 N–H and O–H groups in total. The van der Waals surface area contributed by atoms with Gasteiger partial charge in [-0.05, 0) is 43.3 Å². The summed E-state index contributed by atoms with van der Waals surface area (Å²) in [7, 11) is 0. The maximum atomic E-state index is 12.5. The molecule has 120 valence electrons. The minimum absolute atomic E-state index is 0.00966. The summed E-state index contributed by atoms with van der Waals surface area (Å²) in [5.41, 5.74) is 0.421. The van der Waals surface area contributed by atoms with Crippen molar-refractivity contribution in [2.24, 2.45) is 0 Å². The molecule has 0 atom stereocenters. The Kier molecular flexibility index (Phi) is 3.75. The maximum Gasteiger partial charge on any atom is 0.416 e. The highest BCUT2D eigenvalue weighted by molar-refractivity contribution is 6.00. The average molecular weight is 322 g/mol. The number of ether oxygens (including phenoxy) is 2. The fourth-order valence-corrected chi connectivity index (χ4v) is 2.41. The third kappa shape index (κ3) is 3.02. The lowest BCUT2D eigenvalue weighted by Crippen LogP contribution is -2.16. The van der Waals surface area contributed by atoms with E-state index in [9.17, 15) is 18.0 Å². The first-order chi connectivity index (χ1) is 10.9. The van der Waals surface area contributed by atoms with Gasteiger partial charge in [-0.2, -0.15) is 13.2 Å². The molecule has 0 aliphatic carbocycles. The van der Waals surface area contributed by atoms with Gasteiger partial charge in [0.25, 0.3) is 0 Å². The van der Waals surface area contributed by atoms with Gasteiger partial charge in [0.1, 0.15) is 17.2 Å². The van der Waals surface area contributed by atoms with E-state index in [2.05, 4.69) is 0 Å². The van der Waals surface area contributed by atoms with Crippen LogP contribution in [0.25, 0.3) is 0 Å². The maximum absolute atomic E-state index is 12.5. The quantitative estimate of drug-likeness (QED) is 0.799. The third-order valence-corrected chi connectivity index (χ3v) is 3.64. The van der Waals surface area contributed by atoms with Crippen molar-refractivity contribution >= 4 is 5.78 Å². The lowest BCUT2D eigenvalue weighted by Gasteiger charge is -2.20. The van der Waals surface area contributed by atoms with Gasteiger partial charge in [0, 0.05) is 12.0 Å². The summed E-state index contributed by atoms with van der Waals surface area (Å²) in [5, 5.41) is 0. The van der Waals surface area contributed by atoms with E-state index in [1.54, 1.807) is 19.1 Å². The van der Waals surface area contributed by atoms with Crippen molar-refractivity contribution in [3.63, 3.8) is 0 Å². The zero-order valence-corrected chi connectivity index (χ0v) is 12.2. The van der Waals surface area contributed by atoms with Gasteiger partial charge in [0.2, 0.25) is 0 Å². The summed E-state index contributed by atoms with van der Waals surface area (Å²) in [6, 6.07) is 7.68. The molecule has 6 heteroatoms. The third-order valence-electron chi connectivity index (χ3n) is 3.64. The smallest absolute Gasteiger partial charge is 0.416 e. The van der Waals surface area contributed by atoms with E-state index in [1.807, 2.05) is 0 Å². The van der Waals surface area contributed by atoms with E-state index >= 15 is 0 Å². The molecule has 0 unspecified atom stereocenters. The van der Waals surface area contributed by atoms with Crippen LogP contribution in [-0.2, 0) is 6.18 Å². The molecule has 23 heavy (non-hydrogen) atoms. The zero-order valence-electron chi connectivity index (χ0n) is 12.2. The molecule has 3 nitrogen and oxygen atoms in total. The van der Waals surface area contributed by atoms with Crippen LogP contribution >= 0.6 is 0 Å². The van der Waals surface area contributed by atoms with Crippen molar-refractivity contribution in [2.75, 3.05) is 6.61 Å². The van der Waals surface area contributed by atoms with Crippen LogP contribution in [0.1, 0.15) is 27.9 Å². The Morgan fingerprint density at radius 2 is 1.78 bits per heavy atom. The number of benzene rings is 2. The topological polar surface area (TPSA) is 35.5 Å². The fourth-order valence-electron chi connectivity index (χ4n) is 2.41. The lowest BCUT2D eigenvalue weighted by molar-refractivity contribution is -0.137.